The van der Waals surface area contributed by atoms with Gasteiger partial charge in [-0.1, -0.05) is 24.3 Å². The van der Waals surface area contributed by atoms with Crippen LogP contribution in [0.15, 0.2) is 53.4 Å². The van der Waals surface area contributed by atoms with Gasteiger partial charge in [0.1, 0.15) is 11.5 Å². The summed E-state index contributed by atoms with van der Waals surface area (Å²) < 4.78 is 10.6. The van der Waals surface area contributed by atoms with Crippen molar-refractivity contribution in [2.45, 2.75) is 6.42 Å². The van der Waals surface area contributed by atoms with Crippen LogP contribution in [0.5, 0.6) is 11.5 Å². The number of rotatable bonds is 7. The number of methoxy groups -OCH3 is 1. The molecule has 0 aliphatic carbocycles. The number of carbonyl (C=O) groups excluding carboxylic acids is 2. The molecule has 1 aliphatic rings. The van der Waals surface area contributed by atoms with Crippen LogP contribution in [-0.2, 0) is 9.59 Å². The van der Waals surface area contributed by atoms with Crippen LogP contribution in [0.25, 0.3) is 6.08 Å². The highest BCUT2D eigenvalue weighted by Crippen LogP contribution is 2.39. The van der Waals surface area contributed by atoms with E-state index in [-0.39, 0.29) is 17.9 Å². The van der Waals surface area contributed by atoms with Crippen LogP contribution in [0, 0.1) is 0 Å². The Hall–Kier alpha value is -3.26. The van der Waals surface area contributed by atoms with Crippen LogP contribution >= 0.6 is 11.8 Å². The summed E-state index contributed by atoms with van der Waals surface area (Å²) in [6, 6.07) is 13.7. The molecule has 8 heteroatoms. The van der Waals surface area contributed by atoms with Gasteiger partial charge in [-0.2, -0.15) is 0 Å². The lowest BCUT2D eigenvalue weighted by molar-refractivity contribution is -0.137. The van der Waals surface area contributed by atoms with E-state index in [9.17, 15) is 14.4 Å². The minimum absolute atomic E-state index is 0.0447. The van der Waals surface area contributed by atoms with E-state index in [1.54, 1.807) is 54.6 Å². The number of aliphatic carboxylic acids is 1. The number of thioether (sulfide) groups is 1. The fraction of sp³-hybridized carbons (Fsp3) is 0.150. The largest absolute Gasteiger partial charge is 0.495 e. The third-order valence-corrected chi connectivity index (χ3v) is 4.73. The SMILES string of the molecule is COc1ccccc1N1C(=O)S/C(=C/c2cccc(OCCC(=O)O)c2)C1=O. The molecule has 0 saturated carbocycles. The van der Waals surface area contributed by atoms with Crippen molar-refractivity contribution >= 4 is 40.6 Å². The molecule has 2 aromatic carbocycles. The topological polar surface area (TPSA) is 93.1 Å². The molecule has 1 N–H and O–H groups in total. The van der Waals surface area contributed by atoms with E-state index in [1.165, 1.54) is 7.11 Å². The van der Waals surface area contributed by atoms with Crippen LogP contribution in [0.2, 0.25) is 0 Å². The highest BCUT2D eigenvalue weighted by atomic mass is 32.2. The van der Waals surface area contributed by atoms with Crippen molar-refractivity contribution in [3.8, 4) is 11.5 Å². The Bertz CT molecular complexity index is 955. The summed E-state index contributed by atoms with van der Waals surface area (Å²) in [6.07, 6.45) is 1.49. The fourth-order valence-electron chi connectivity index (χ4n) is 2.59. The zero-order chi connectivity index (χ0) is 20.1. The second-order valence-electron chi connectivity index (χ2n) is 5.75. The Morgan fingerprint density at radius 1 is 1.18 bits per heavy atom. The molecule has 0 radical (unpaired) electrons. The first-order valence-electron chi connectivity index (χ1n) is 8.35. The molecule has 1 heterocycles. The molecule has 1 saturated heterocycles. The van der Waals surface area contributed by atoms with E-state index in [0.717, 1.165) is 16.7 Å². The Morgan fingerprint density at radius 3 is 2.71 bits per heavy atom. The number of hydrogen-bond donors (Lipinski definition) is 1. The number of hydrogen-bond acceptors (Lipinski definition) is 6. The Kier molecular flexibility index (Phi) is 6.00. The molecule has 144 valence electrons. The van der Waals surface area contributed by atoms with Gasteiger partial charge in [-0.3, -0.25) is 14.4 Å². The molecule has 0 unspecified atom stereocenters. The molecule has 0 aromatic heterocycles. The van der Waals surface area contributed by atoms with E-state index in [2.05, 4.69) is 0 Å². The maximum atomic E-state index is 12.8. The maximum Gasteiger partial charge on any atom is 0.306 e. The van der Waals surface area contributed by atoms with Crippen LogP contribution in [-0.4, -0.2) is 35.9 Å². The average molecular weight is 399 g/mol. The monoisotopic (exact) mass is 399 g/mol. The maximum absolute atomic E-state index is 12.8. The van der Waals surface area contributed by atoms with Crippen molar-refractivity contribution in [2.24, 2.45) is 0 Å². The van der Waals surface area contributed by atoms with Crippen molar-refractivity contribution in [3.05, 3.63) is 59.0 Å². The van der Waals surface area contributed by atoms with Crippen molar-refractivity contribution in [3.63, 3.8) is 0 Å². The number of anilines is 1. The molecule has 3 rings (SSSR count). The third-order valence-electron chi connectivity index (χ3n) is 3.86. The van der Waals surface area contributed by atoms with Gasteiger partial charge in [0, 0.05) is 0 Å². The first-order valence-corrected chi connectivity index (χ1v) is 9.17. The molecule has 2 aromatic rings. The summed E-state index contributed by atoms with van der Waals surface area (Å²) in [5, 5.41) is 8.26. The minimum Gasteiger partial charge on any atom is -0.495 e. The van der Waals surface area contributed by atoms with Gasteiger partial charge < -0.3 is 14.6 Å². The van der Waals surface area contributed by atoms with E-state index in [0.29, 0.717) is 22.7 Å². The number of para-hydroxylation sites is 2. The lowest BCUT2D eigenvalue weighted by Gasteiger charge is -2.15. The lowest BCUT2D eigenvalue weighted by atomic mass is 10.2. The zero-order valence-electron chi connectivity index (χ0n) is 15.0. The van der Waals surface area contributed by atoms with E-state index in [1.807, 2.05) is 0 Å². The number of nitrogens with zero attached hydrogens (tertiary/aromatic N) is 1. The number of imide groups is 1. The van der Waals surface area contributed by atoms with Crippen LogP contribution in [0.1, 0.15) is 12.0 Å². The van der Waals surface area contributed by atoms with Crippen molar-refractivity contribution in [2.75, 3.05) is 18.6 Å². The number of ether oxygens (including phenoxy) is 2. The molecule has 0 spiro atoms. The van der Waals surface area contributed by atoms with Gasteiger partial charge in [-0.25, -0.2) is 4.90 Å². The third kappa shape index (κ3) is 4.34. The molecular formula is C20H17NO6S. The number of benzene rings is 2. The van der Waals surface area contributed by atoms with Gasteiger partial charge in [0.25, 0.3) is 11.1 Å². The zero-order valence-corrected chi connectivity index (χ0v) is 15.8. The number of amides is 2. The average Bonchev–Trinajstić information content (AvgIpc) is 2.95. The van der Waals surface area contributed by atoms with Crippen molar-refractivity contribution < 1.29 is 29.0 Å². The van der Waals surface area contributed by atoms with Gasteiger partial charge >= 0.3 is 5.97 Å². The Labute approximate surface area is 165 Å². The van der Waals surface area contributed by atoms with Gasteiger partial charge in [0.15, 0.2) is 0 Å². The van der Waals surface area contributed by atoms with E-state index in [4.69, 9.17) is 14.6 Å². The molecule has 0 atom stereocenters. The van der Waals surface area contributed by atoms with Crippen molar-refractivity contribution in [1.29, 1.82) is 0 Å². The van der Waals surface area contributed by atoms with Crippen LogP contribution < -0.4 is 14.4 Å². The first-order chi connectivity index (χ1) is 13.5. The fourth-order valence-corrected chi connectivity index (χ4v) is 3.43. The molecule has 1 aliphatic heterocycles. The van der Waals surface area contributed by atoms with Gasteiger partial charge in [-0.05, 0) is 47.7 Å². The predicted molar refractivity (Wildman–Crippen MR) is 106 cm³/mol. The minimum atomic E-state index is -0.943. The summed E-state index contributed by atoms with van der Waals surface area (Å²) in [5.74, 6) is -0.461. The van der Waals surface area contributed by atoms with Crippen LogP contribution in [0.4, 0.5) is 10.5 Å². The van der Waals surface area contributed by atoms with Crippen LogP contribution in [0.3, 0.4) is 0 Å². The smallest absolute Gasteiger partial charge is 0.306 e. The Morgan fingerprint density at radius 2 is 1.96 bits per heavy atom. The summed E-state index contributed by atoms with van der Waals surface area (Å²) in [5.41, 5.74) is 1.06. The molecule has 1 fully saturated rings. The Balaban J connectivity index is 1.81. The van der Waals surface area contributed by atoms with Crippen molar-refractivity contribution in [1.82, 2.24) is 0 Å². The second kappa shape index (κ2) is 8.62. The highest BCUT2D eigenvalue weighted by Gasteiger charge is 2.37. The normalized spacial score (nSPS) is 15.2. The standard InChI is InChI=1S/C20H17NO6S/c1-26-16-8-3-2-7-15(16)21-19(24)17(28-20(21)25)12-13-5-4-6-14(11-13)27-10-9-18(22)23/h2-8,11-12H,9-10H2,1H3,(H,22,23)/b17-12+. The molecular weight excluding hydrogens is 382 g/mol. The molecule has 28 heavy (non-hydrogen) atoms. The van der Waals surface area contributed by atoms with Gasteiger partial charge in [0.05, 0.1) is 30.7 Å². The van der Waals surface area contributed by atoms with E-state index >= 15 is 0 Å². The summed E-state index contributed by atoms with van der Waals surface area (Å²) >= 11 is 0.843. The number of carbonyl (C=O) groups is 3. The summed E-state index contributed by atoms with van der Waals surface area (Å²) in [6.45, 7) is 0.0447. The summed E-state index contributed by atoms with van der Waals surface area (Å²) in [7, 11) is 1.48. The van der Waals surface area contributed by atoms with Gasteiger partial charge in [-0.15, -0.1) is 0 Å². The number of carboxylic acids is 1. The first kappa shape index (κ1) is 19.5. The highest BCUT2D eigenvalue weighted by molar-refractivity contribution is 8.19. The quantitative estimate of drug-likeness (QED) is 0.708. The lowest BCUT2D eigenvalue weighted by Crippen LogP contribution is -2.28. The van der Waals surface area contributed by atoms with Gasteiger partial charge in [0.2, 0.25) is 0 Å². The number of carboxylic acid groups (broad SMARTS) is 1. The molecule has 0 bridgehead atoms. The second-order valence-corrected chi connectivity index (χ2v) is 6.75. The van der Waals surface area contributed by atoms with E-state index < -0.39 is 17.1 Å². The predicted octanol–water partition coefficient (Wildman–Crippen LogP) is 3.79. The summed E-state index contributed by atoms with van der Waals surface area (Å²) in [4.78, 5) is 37.1. The molecule has 7 nitrogen and oxygen atoms in total. The molecule has 2 amide bonds.